The molecule has 0 fully saturated rings. The molecule has 0 radical (unpaired) electrons. The second kappa shape index (κ2) is 6.80. The number of ether oxygens (including phenoxy) is 1. The zero-order valence-corrected chi connectivity index (χ0v) is 13.9. The fourth-order valence-electron chi connectivity index (χ4n) is 2.66. The minimum absolute atomic E-state index is 0.305. The van der Waals surface area contributed by atoms with Gasteiger partial charge in [0.1, 0.15) is 0 Å². The number of nitrogens with zero attached hydrogens (tertiary/aromatic N) is 1. The molecule has 3 rings (SSSR count). The van der Waals surface area contributed by atoms with E-state index in [1.807, 2.05) is 23.1 Å². The van der Waals surface area contributed by atoms with Crippen molar-refractivity contribution in [1.29, 1.82) is 0 Å². The van der Waals surface area contributed by atoms with Gasteiger partial charge in [-0.2, -0.15) is 0 Å². The number of benzene rings is 2. The first-order valence-corrected chi connectivity index (χ1v) is 7.90. The van der Waals surface area contributed by atoms with Gasteiger partial charge in [0.15, 0.2) is 5.11 Å². The maximum atomic E-state index is 12.3. The largest absolute Gasteiger partial charge is 0.465 e. The molecule has 24 heavy (non-hydrogen) atoms. The van der Waals surface area contributed by atoms with Crippen molar-refractivity contribution in [2.75, 3.05) is 18.6 Å². The Morgan fingerprint density at radius 1 is 1.08 bits per heavy atom. The second-order valence-electron chi connectivity index (χ2n) is 5.36. The van der Waals surface area contributed by atoms with Crippen LogP contribution in [0.25, 0.3) is 0 Å². The zero-order chi connectivity index (χ0) is 17.1. The van der Waals surface area contributed by atoms with E-state index < -0.39 is 5.97 Å². The van der Waals surface area contributed by atoms with Crippen molar-refractivity contribution in [2.45, 2.75) is 6.42 Å². The van der Waals surface area contributed by atoms with Crippen molar-refractivity contribution >= 4 is 34.9 Å². The van der Waals surface area contributed by atoms with Gasteiger partial charge in [-0.05, 0) is 54.5 Å². The molecule has 1 amide bonds. The third-order valence-corrected chi connectivity index (χ3v) is 4.24. The molecule has 0 atom stereocenters. The molecule has 6 heteroatoms. The summed E-state index contributed by atoms with van der Waals surface area (Å²) in [5.74, 6) is -0.744. The predicted octanol–water partition coefficient (Wildman–Crippen LogP) is 2.55. The summed E-state index contributed by atoms with van der Waals surface area (Å²) in [7, 11) is 1.31. The summed E-state index contributed by atoms with van der Waals surface area (Å²) in [6, 6.07) is 14.2. The third kappa shape index (κ3) is 3.14. The summed E-state index contributed by atoms with van der Waals surface area (Å²) < 4.78 is 4.64. The fraction of sp³-hybridized carbons (Fsp3) is 0.167. The number of fused-ring (bicyclic) bond motifs is 1. The van der Waals surface area contributed by atoms with E-state index in [-0.39, 0.29) is 5.91 Å². The first-order chi connectivity index (χ1) is 11.6. The van der Waals surface area contributed by atoms with E-state index in [0.717, 1.165) is 18.7 Å². The van der Waals surface area contributed by atoms with Crippen LogP contribution in [0, 0.1) is 0 Å². The Kier molecular flexibility index (Phi) is 4.57. The molecule has 0 spiro atoms. The molecule has 1 N–H and O–H groups in total. The van der Waals surface area contributed by atoms with Gasteiger partial charge in [0, 0.05) is 17.8 Å². The number of nitrogens with one attached hydrogen (secondary N) is 1. The van der Waals surface area contributed by atoms with Gasteiger partial charge in [0.25, 0.3) is 5.91 Å². The van der Waals surface area contributed by atoms with Gasteiger partial charge in [-0.1, -0.05) is 18.2 Å². The highest BCUT2D eigenvalue weighted by Gasteiger charge is 2.23. The van der Waals surface area contributed by atoms with Crippen molar-refractivity contribution in [3.05, 3.63) is 65.2 Å². The van der Waals surface area contributed by atoms with E-state index in [2.05, 4.69) is 16.1 Å². The Labute approximate surface area is 145 Å². The first-order valence-electron chi connectivity index (χ1n) is 7.49. The Morgan fingerprint density at radius 3 is 2.46 bits per heavy atom. The van der Waals surface area contributed by atoms with E-state index in [1.165, 1.54) is 12.7 Å². The summed E-state index contributed by atoms with van der Waals surface area (Å²) in [4.78, 5) is 25.7. The summed E-state index contributed by atoms with van der Waals surface area (Å²) in [5, 5.41) is 3.12. The molecule has 1 heterocycles. The monoisotopic (exact) mass is 340 g/mol. The summed E-state index contributed by atoms with van der Waals surface area (Å²) in [6.45, 7) is 0.750. The van der Waals surface area contributed by atoms with Crippen LogP contribution < -0.4 is 10.2 Å². The van der Waals surface area contributed by atoms with Crippen LogP contribution in [0.15, 0.2) is 48.5 Å². The summed E-state index contributed by atoms with van der Waals surface area (Å²) >= 11 is 5.37. The number of hydrogen-bond donors (Lipinski definition) is 1. The molecule has 5 nitrogen and oxygen atoms in total. The quantitative estimate of drug-likeness (QED) is 0.672. The lowest BCUT2D eigenvalue weighted by Crippen LogP contribution is -2.41. The fourth-order valence-corrected chi connectivity index (χ4v) is 2.94. The number of thiocarbonyl (C=S) groups is 1. The lowest BCUT2D eigenvalue weighted by atomic mass is 10.1. The Hall–Kier alpha value is -2.73. The number of anilines is 1. The van der Waals surface area contributed by atoms with Crippen LogP contribution in [0.1, 0.15) is 26.3 Å². The van der Waals surface area contributed by atoms with E-state index in [4.69, 9.17) is 12.2 Å². The van der Waals surface area contributed by atoms with Crippen molar-refractivity contribution in [2.24, 2.45) is 0 Å². The highest BCUT2D eigenvalue weighted by molar-refractivity contribution is 7.80. The van der Waals surface area contributed by atoms with Crippen molar-refractivity contribution < 1.29 is 14.3 Å². The molecule has 0 aromatic heterocycles. The molecular formula is C18H16N2O3S. The van der Waals surface area contributed by atoms with Gasteiger partial charge < -0.3 is 9.64 Å². The Morgan fingerprint density at radius 2 is 1.75 bits per heavy atom. The maximum absolute atomic E-state index is 12.3. The van der Waals surface area contributed by atoms with E-state index in [9.17, 15) is 9.59 Å². The smallest absolute Gasteiger partial charge is 0.337 e. The molecule has 0 unspecified atom stereocenters. The third-order valence-electron chi connectivity index (χ3n) is 3.92. The molecule has 1 aliphatic rings. The summed E-state index contributed by atoms with van der Waals surface area (Å²) in [5.41, 5.74) is 3.07. The molecule has 0 bridgehead atoms. The molecule has 2 aromatic rings. The number of amides is 1. The molecule has 122 valence electrons. The molecule has 2 aromatic carbocycles. The minimum atomic E-state index is -0.439. The second-order valence-corrected chi connectivity index (χ2v) is 5.75. The number of para-hydroxylation sites is 1. The lowest BCUT2D eigenvalue weighted by molar-refractivity contribution is 0.0600. The van der Waals surface area contributed by atoms with Gasteiger partial charge in [-0.3, -0.25) is 10.1 Å². The standard InChI is InChI=1S/C18H16N2O3S/c1-23-17(22)14-8-6-13(7-9-14)16(21)19-18(24)20-11-10-12-4-2-3-5-15(12)20/h2-9H,10-11H2,1H3,(H,19,21,24). The molecule has 0 saturated carbocycles. The Bertz CT molecular complexity index is 802. The molecular weight excluding hydrogens is 324 g/mol. The van der Waals surface area contributed by atoms with Crippen LogP contribution in [0.5, 0.6) is 0 Å². The van der Waals surface area contributed by atoms with Crippen LogP contribution in [-0.4, -0.2) is 30.6 Å². The zero-order valence-electron chi connectivity index (χ0n) is 13.1. The van der Waals surface area contributed by atoms with Crippen molar-refractivity contribution in [3.63, 3.8) is 0 Å². The van der Waals surface area contributed by atoms with Gasteiger partial charge in [-0.15, -0.1) is 0 Å². The topological polar surface area (TPSA) is 58.6 Å². The number of methoxy groups -OCH3 is 1. The number of esters is 1. The van der Waals surface area contributed by atoms with Crippen LogP contribution in [0.4, 0.5) is 5.69 Å². The highest BCUT2D eigenvalue weighted by atomic mass is 32.1. The highest BCUT2D eigenvalue weighted by Crippen LogP contribution is 2.27. The van der Waals surface area contributed by atoms with E-state index in [1.54, 1.807) is 24.3 Å². The van der Waals surface area contributed by atoms with Crippen LogP contribution >= 0.6 is 12.2 Å². The van der Waals surface area contributed by atoms with Crippen LogP contribution in [0.2, 0.25) is 0 Å². The normalized spacial score (nSPS) is 12.5. The van der Waals surface area contributed by atoms with Crippen LogP contribution in [0.3, 0.4) is 0 Å². The van der Waals surface area contributed by atoms with Crippen LogP contribution in [-0.2, 0) is 11.2 Å². The molecule has 0 aliphatic carbocycles. The number of hydrogen-bond acceptors (Lipinski definition) is 4. The van der Waals surface area contributed by atoms with E-state index >= 15 is 0 Å². The number of rotatable bonds is 2. The SMILES string of the molecule is COC(=O)c1ccc(C(=O)NC(=S)N2CCc3ccccc32)cc1. The summed E-state index contributed by atoms with van der Waals surface area (Å²) in [6.07, 6.45) is 0.903. The number of carbonyl (C=O) groups excluding carboxylic acids is 2. The average Bonchev–Trinajstić information content (AvgIpc) is 3.05. The van der Waals surface area contributed by atoms with Gasteiger partial charge in [0.2, 0.25) is 0 Å². The molecule has 0 saturated heterocycles. The van der Waals surface area contributed by atoms with Gasteiger partial charge in [-0.25, -0.2) is 4.79 Å². The minimum Gasteiger partial charge on any atom is -0.465 e. The van der Waals surface area contributed by atoms with E-state index in [0.29, 0.717) is 16.2 Å². The lowest BCUT2D eigenvalue weighted by Gasteiger charge is -2.20. The molecule has 1 aliphatic heterocycles. The van der Waals surface area contributed by atoms with Gasteiger partial charge >= 0.3 is 5.97 Å². The van der Waals surface area contributed by atoms with Crippen molar-refractivity contribution in [1.82, 2.24) is 5.32 Å². The van der Waals surface area contributed by atoms with Crippen molar-refractivity contribution in [3.8, 4) is 0 Å². The predicted molar refractivity (Wildman–Crippen MR) is 95.3 cm³/mol. The van der Waals surface area contributed by atoms with Gasteiger partial charge in [0.05, 0.1) is 12.7 Å². The maximum Gasteiger partial charge on any atom is 0.337 e. The average molecular weight is 340 g/mol. The first kappa shape index (κ1) is 16.1. The number of carbonyl (C=O) groups is 2. The Balaban J connectivity index is 1.69.